The number of hydrogen-bond donors (Lipinski definition) is 1. The topological polar surface area (TPSA) is 70.9 Å². The lowest BCUT2D eigenvalue weighted by molar-refractivity contribution is 0.243. The third-order valence-corrected chi connectivity index (χ3v) is 5.34. The van der Waals surface area contributed by atoms with Gasteiger partial charge in [0.15, 0.2) is 0 Å². The van der Waals surface area contributed by atoms with Gasteiger partial charge in [0, 0.05) is 13.1 Å². The fourth-order valence-corrected chi connectivity index (χ4v) is 3.76. The smallest absolute Gasteiger partial charge is 0.207 e. The minimum Gasteiger partial charge on any atom is -0.340 e. The Morgan fingerprint density at radius 2 is 1.93 bits per heavy atom. The predicted molar refractivity (Wildman–Crippen MR) is 112 cm³/mol. The van der Waals surface area contributed by atoms with Gasteiger partial charge in [0.05, 0.1) is 34.7 Å². The van der Waals surface area contributed by atoms with Crippen molar-refractivity contribution in [3.8, 4) is 6.07 Å². The van der Waals surface area contributed by atoms with Gasteiger partial charge < -0.3 is 15.2 Å². The van der Waals surface area contributed by atoms with Crippen molar-refractivity contribution in [2.75, 3.05) is 18.0 Å². The van der Waals surface area contributed by atoms with Gasteiger partial charge in [0.2, 0.25) is 5.95 Å². The van der Waals surface area contributed by atoms with E-state index >= 15 is 0 Å². The van der Waals surface area contributed by atoms with E-state index in [1.54, 1.807) is 0 Å². The molecule has 1 saturated heterocycles. The summed E-state index contributed by atoms with van der Waals surface area (Å²) in [6, 6.07) is 17.3. The van der Waals surface area contributed by atoms with E-state index in [4.69, 9.17) is 16.0 Å². The van der Waals surface area contributed by atoms with E-state index in [0.29, 0.717) is 25.1 Å². The van der Waals surface area contributed by atoms with E-state index in [0.717, 1.165) is 22.5 Å². The highest BCUT2D eigenvalue weighted by molar-refractivity contribution is 5.85. The molecule has 0 radical (unpaired) electrons. The maximum Gasteiger partial charge on any atom is 0.207 e. The van der Waals surface area contributed by atoms with Crippen LogP contribution in [0.5, 0.6) is 0 Å². The molecule has 2 N–H and O–H groups in total. The first-order valence-electron chi connectivity index (χ1n) is 9.20. The summed E-state index contributed by atoms with van der Waals surface area (Å²) in [6.45, 7) is 3.16. The predicted octanol–water partition coefficient (Wildman–Crippen LogP) is 3.81. The van der Waals surface area contributed by atoms with Crippen molar-refractivity contribution in [3.05, 3.63) is 59.7 Å². The van der Waals surface area contributed by atoms with Crippen molar-refractivity contribution in [2.45, 2.75) is 31.6 Å². The van der Waals surface area contributed by atoms with E-state index in [9.17, 15) is 4.39 Å². The third-order valence-electron chi connectivity index (χ3n) is 5.34. The van der Waals surface area contributed by atoms with Crippen molar-refractivity contribution in [1.82, 2.24) is 9.55 Å². The van der Waals surface area contributed by atoms with Crippen LogP contribution in [0.25, 0.3) is 11.0 Å². The van der Waals surface area contributed by atoms with Gasteiger partial charge in [-0.2, -0.15) is 5.26 Å². The van der Waals surface area contributed by atoms with E-state index < -0.39 is 12.2 Å². The maximum atomic E-state index is 13.9. The molecule has 7 heteroatoms. The number of piperidine rings is 1. The van der Waals surface area contributed by atoms with Crippen LogP contribution in [0.1, 0.15) is 30.5 Å². The number of fused-ring (bicyclic) bond motifs is 1. The van der Waals surface area contributed by atoms with E-state index in [-0.39, 0.29) is 18.4 Å². The molecular formula is C21H23ClFN5. The van der Waals surface area contributed by atoms with Gasteiger partial charge in [-0.25, -0.2) is 9.37 Å². The van der Waals surface area contributed by atoms with Crippen LogP contribution in [0, 0.1) is 11.3 Å². The molecule has 2 heterocycles. The number of alkyl halides is 1. The second-order valence-electron chi connectivity index (χ2n) is 7.09. The van der Waals surface area contributed by atoms with Gasteiger partial charge in [-0.3, -0.25) is 0 Å². The third kappa shape index (κ3) is 3.56. The van der Waals surface area contributed by atoms with Crippen molar-refractivity contribution in [1.29, 1.82) is 5.26 Å². The number of para-hydroxylation sites is 2. The van der Waals surface area contributed by atoms with Gasteiger partial charge in [0.1, 0.15) is 6.17 Å². The fraction of sp³-hybridized carbons (Fsp3) is 0.333. The molecule has 0 amide bonds. The van der Waals surface area contributed by atoms with E-state index in [2.05, 4.69) is 22.5 Å². The summed E-state index contributed by atoms with van der Waals surface area (Å²) >= 11 is 0. The molecule has 1 aliphatic rings. The molecule has 28 heavy (non-hydrogen) atoms. The number of nitrogens with two attached hydrogens (primary N) is 1. The zero-order valence-electron chi connectivity index (χ0n) is 15.6. The minimum absolute atomic E-state index is 0. The number of halogens is 2. The molecule has 0 spiro atoms. The van der Waals surface area contributed by atoms with E-state index in [1.165, 1.54) is 0 Å². The standard InChI is InChI=1S/C21H22FN5.ClH/c1-14(16-8-6-15(12-23)7-9-16)27-20-5-3-2-4-19(20)25-21(27)26-11-10-17(22)18(24)13-26;/h2-9,14,17-18H,10-11,13,24H2,1H3;1H/t14-,17+,18+;/m0./s1. The number of anilines is 1. The molecule has 2 aromatic carbocycles. The monoisotopic (exact) mass is 399 g/mol. The highest BCUT2D eigenvalue weighted by atomic mass is 35.5. The molecule has 1 aliphatic heterocycles. The lowest BCUT2D eigenvalue weighted by Gasteiger charge is -2.35. The Morgan fingerprint density at radius 3 is 2.61 bits per heavy atom. The zero-order chi connectivity index (χ0) is 19.0. The Morgan fingerprint density at radius 1 is 1.21 bits per heavy atom. The quantitative estimate of drug-likeness (QED) is 0.726. The highest BCUT2D eigenvalue weighted by Gasteiger charge is 2.30. The first-order valence-corrected chi connectivity index (χ1v) is 9.20. The van der Waals surface area contributed by atoms with Crippen LogP contribution in [0.15, 0.2) is 48.5 Å². The maximum absolute atomic E-state index is 13.9. The molecule has 3 atom stereocenters. The van der Waals surface area contributed by atoms with Crippen LogP contribution in [0.2, 0.25) is 0 Å². The summed E-state index contributed by atoms with van der Waals surface area (Å²) in [5, 5.41) is 9.04. The molecular weight excluding hydrogens is 377 g/mol. The Bertz CT molecular complexity index is 994. The van der Waals surface area contributed by atoms with Crippen molar-refractivity contribution >= 4 is 29.4 Å². The van der Waals surface area contributed by atoms with Crippen molar-refractivity contribution < 1.29 is 4.39 Å². The molecule has 0 bridgehead atoms. The second-order valence-corrected chi connectivity index (χ2v) is 7.09. The van der Waals surface area contributed by atoms with Gasteiger partial charge in [-0.15, -0.1) is 12.4 Å². The molecule has 0 saturated carbocycles. The average molecular weight is 400 g/mol. The molecule has 0 unspecified atom stereocenters. The van der Waals surface area contributed by atoms with Crippen LogP contribution in [0.3, 0.4) is 0 Å². The summed E-state index contributed by atoms with van der Waals surface area (Å²) < 4.78 is 16.0. The number of benzene rings is 2. The largest absolute Gasteiger partial charge is 0.340 e. The lowest BCUT2D eigenvalue weighted by Crippen LogP contribution is -2.50. The number of nitrogens with zero attached hydrogens (tertiary/aromatic N) is 4. The van der Waals surface area contributed by atoms with Crippen LogP contribution in [-0.4, -0.2) is 34.9 Å². The van der Waals surface area contributed by atoms with Crippen molar-refractivity contribution in [3.63, 3.8) is 0 Å². The summed E-state index contributed by atoms with van der Waals surface area (Å²) in [7, 11) is 0. The molecule has 1 fully saturated rings. The SMILES string of the molecule is C[C@@H](c1ccc(C#N)cc1)n1c(N2CC[C@@H](F)[C@H](N)C2)nc2ccccc21.Cl. The molecule has 146 valence electrons. The Hall–Kier alpha value is -2.62. The zero-order valence-corrected chi connectivity index (χ0v) is 16.4. The minimum atomic E-state index is -0.963. The summed E-state index contributed by atoms with van der Waals surface area (Å²) in [5.74, 6) is 0.815. The van der Waals surface area contributed by atoms with Crippen LogP contribution in [-0.2, 0) is 0 Å². The van der Waals surface area contributed by atoms with Crippen LogP contribution < -0.4 is 10.6 Å². The van der Waals surface area contributed by atoms with E-state index in [1.807, 2.05) is 48.5 Å². The number of imidazole rings is 1. The van der Waals surface area contributed by atoms with Gasteiger partial charge >= 0.3 is 0 Å². The average Bonchev–Trinajstić information content (AvgIpc) is 3.09. The first-order chi connectivity index (χ1) is 13.1. The second kappa shape index (κ2) is 8.17. The molecule has 0 aliphatic carbocycles. The summed E-state index contributed by atoms with van der Waals surface area (Å²) in [6.07, 6.45) is -0.551. The normalized spacial score (nSPS) is 20.4. The number of rotatable bonds is 3. The molecule has 1 aromatic heterocycles. The molecule has 3 aromatic rings. The Kier molecular flexibility index (Phi) is 5.87. The number of nitriles is 1. The van der Waals surface area contributed by atoms with Crippen LogP contribution >= 0.6 is 12.4 Å². The fourth-order valence-electron chi connectivity index (χ4n) is 3.76. The molecule has 4 rings (SSSR count). The van der Waals surface area contributed by atoms with Gasteiger partial charge in [-0.1, -0.05) is 24.3 Å². The van der Waals surface area contributed by atoms with Crippen molar-refractivity contribution in [2.24, 2.45) is 5.73 Å². The Balaban J connectivity index is 0.00000225. The summed E-state index contributed by atoms with van der Waals surface area (Å²) in [4.78, 5) is 6.92. The highest BCUT2D eigenvalue weighted by Crippen LogP contribution is 2.32. The number of aromatic nitrogens is 2. The van der Waals surface area contributed by atoms with Gasteiger partial charge in [0.25, 0.3) is 0 Å². The molecule has 5 nitrogen and oxygen atoms in total. The van der Waals surface area contributed by atoms with Gasteiger partial charge in [-0.05, 0) is 43.2 Å². The first kappa shape index (κ1) is 20.1. The number of hydrogen-bond acceptors (Lipinski definition) is 4. The lowest BCUT2D eigenvalue weighted by atomic mass is 10.0. The summed E-state index contributed by atoms with van der Waals surface area (Å²) in [5.41, 5.74) is 9.64. The Labute approximate surface area is 170 Å². The van der Waals surface area contributed by atoms with Crippen LogP contribution in [0.4, 0.5) is 10.3 Å².